The van der Waals surface area contributed by atoms with E-state index in [1.54, 1.807) is 24.3 Å². The Balaban J connectivity index is 1.03. The van der Waals surface area contributed by atoms with Crippen molar-refractivity contribution in [2.24, 2.45) is 5.92 Å². The molecule has 11 nitrogen and oxygen atoms in total. The van der Waals surface area contributed by atoms with Gasteiger partial charge in [-0.25, -0.2) is 30.3 Å². The van der Waals surface area contributed by atoms with Crippen LogP contribution in [0.25, 0.3) is 11.1 Å². The number of hydrogen-bond acceptors (Lipinski definition) is 11. The highest BCUT2D eigenvalue weighted by atomic mass is 35.5. The number of thioether (sulfide) groups is 1. The minimum atomic E-state index is -6.15. The maximum atomic E-state index is 14.3. The minimum Gasteiger partial charge on any atom is -0.388 e. The largest absolute Gasteiger partial charge is 0.501 e. The van der Waals surface area contributed by atoms with Crippen molar-refractivity contribution in [3.05, 3.63) is 137 Å². The minimum absolute atomic E-state index is 0.0349. The second-order valence-electron chi connectivity index (χ2n) is 17.1. The number of carbonyl (C=O) groups is 1. The molecule has 0 radical (unpaired) electrons. The van der Waals surface area contributed by atoms with Crippen LogP contribution in [0.15, 0.2) is 136 Å². The zero-order chi connectivity index (χ0) is 49.3. The fraction of sp³-hybridized carbons (Fsp3) is 0.367. The Morgan fingerprint density at radius 3 is 2.20 bits per heavy atom. The van der Waals surface area contributed by atoms with E-state index in [1.807, 2.05) is 71.5 Å². The molecule has 2 aliphatic heterocycles. The average molecular weight is 1030 g/mol. The van der Waals surface area contributed by atoms with Gasteiger partial charge in [-0.1, -0.05) is 66.2 Å². The number of alkyl halides is 5. The van der Waals surface area contributed by atoms with Gasteiger partial charge in [0.2, 0.25) is 0 Å². The summed E-state index contributed by atoms with van der Waals surface area (Å²) < 4.78 is 124. The third-order valence-electron chi connectivity index (χ3n) is 12.5. The molecule has 69 heavy (non-hydrogen) atoms. The molecule has 4 N–H and O–H groups in total. The van der Waals surface area contributed by atoms with Gasteiger partial charge in [-0.3, -0.25) is 9.69 Å². The van der Waals surface area contributed by atoms with Crippen LogP contribution in [0.4, 0.5) is 33.3 Å². The van der Waals surface area contributed by atoms with Crippen LogP contribution >= 0.6 is 23.4 Å². The molecule has 3 atom stereocenters. The van der Waals surface area contributed by atoms with Gasteiger partial charge in [-0.05, 0) is 128 Å². The third kappa shape index (κ3) is 13.4. The number of hydrogen-bond donors (Lipinski definition) is 4. The molecule has 0 aliphatic carbocycles. The lowest BCUT2D eigenvalue weighted by molar-refractivity contribution is -0.0436. The Kier molecular flexibility index (Phi) is 17.3. The Morgan fingerprint density at radius 1 is 0.841 bits per heavy atom. The number of nitrogens with zero attached hydrogens (tertiary/aromatic N) is 2. The standard InChI is InChI=1S/C49H53ClF5N5O6S3/c50-36-16-12-33(13-17-36)42-10-4-5-11-43(42)47(61)34-22-26-60(27-23-34)38-18-14-35(15-19-38)48(62)58-69(65,66)41-20-21-44(45(30-41)68(63,64)49(53,54)55)57-37(32-67-40-8-2-1-3-9-40)29-39-7-6-25-59(39)28-24-56-31-46(51)52/h1-5,8-21,30,34,37,39,46-47,56-57,61H,6-7,22-29,31-32H2,(H,58,62)/t37-,39+,47-/m1/s1. The lowest BCUT2D eigenvalue weighted by Crippen LogP contribution is -2.40. The summed E-state index contributed by atoms with van der Waals surface area (Å²) in [6.45, 7) is 2.12. The molecule has 0 aromatic heterocycles. The summed E-state index contributed by atoms with van der Waals surface area (Å²) in [7, 11) is -11.1. The molecule has 370 valence electrons. The maximum Gasteiger partial charge on any atom is 0.501 e. The average Bonchev–Trinajstić information content (AvgIpc) is 3.78. The molecule has 2 fully saturated rings. The molecule has 0 bridgehead atoms. The van der Waals surface area contributed by atoms with Crippen LogP contribution < -0.4 is 20.3 Å². The smallest absolute Gasteiger partial charge is 0.388 e. The Morgan fingerprint density at radius 2 is 1.52 bits per heavy atom. The van der Waals surface area contributed by atoms with Gasteiger partial charge in [0, 0.05) is 65.2 Å². The summed E-state index contributed by atoms with van der Waals surface area (Å²) >= 11 is 7.49. The van der Waals surface area contributed by atoms with Crippen molar-refractivity contribution in [3.8, 4) is 11.1 Å². The first-order valence-corrected chi connectivity index (χ1v) is 26.8. The maximum absolute atomic E-state index is 14.3. The number of benzene rings is 5. The van der Waals surface area contributed by atoms with E-state index in [4.69, 9.17) is 11.6 Å². The van der Waals surface area contributed by atoms with Crippen LogP contribution in [-0.4, -0.2) is 102 Å². The molecule has 0 spiro atoms. The van der Waals surface area contributed by atoms with E-state index in [9.17, 15) is 48.7 Å². The second kappa shape index (κ2) is 23.0. The van der Waals surface area contributed by atoms with Crippen LogP contribution in [-0.2, 0) is 19.9 Å². The number of aliphatic hydroxyl groups is 1. The normalized spacial score (nSPS) is 17.2. The molecule has 2 heterocycles. The Bertz CT molecular complexity index is 2730. The van der Waals surface area contributed by atoms with Gasteiger partial charge in [0.1, 0.15) is 4.90 Å². The molecule has 5 aromatic rings. The summed E-state index contributed by atoms with van der Waals surface area (Å²) in [6.07, 6.45) is -0.0596. The van der Waals surface area contributed by atoms with E-state index in [0.29, 0.717) is 69.5 Å². The van der Waals surface area contributed by atoms with Crippen molar-refractivity contribution in [1.82, 2.24) is 14.9 Å². The predicted molar refractivity (Wildman–Crippen MR) is 260 cm³/mol. The molecule has 2 saturated heterocycles. The molecule has 0 saturated carbocycles. The number of likely N-dealkylation sites (tertiary alicyclic amines) is 1. The number of sulfone groups is 1. The molecule has 0 unspecified atom stereocenters. The summed E-state index contributed by atoms with van der Waals surface area (Å²) in [5, 5.41) is 17.8. The molecule has 5 aromatic carbocycles. The van der Waals surface area contributed by atoms with Gasteiger partial charge in [0.05, 0.1) is 23.2 Å². The van der Waals surface area contributed by atoms with Gasteiger partial charge < -0.3 is 20.6 Å². The number of rotatable bonds is 20. The Labute approximate surface area is 408 Å². The van der Waals surface area contributed by atoms with Gasteiger partial charge in [0.15, 0.2) is 0 Å². The summed E-state index contributed by atoms with van der Waals surface area (Å²) in [5.41, 5.74) is -2.93. The van der Waals surface area contributed by atoms with Crippen molar-refractivity contribution in [2.45, 2.75) is 76.9 Å². The summed E-state index contributed by atoms with van der Waals surface area (Å²) in [6, 6.07) is 31.9. The fourth-order valence-electron chi connectivity index (χ4n) is 8.89. The number of amides is 1. The predicted octanol–water partition coefficient (Wildman–Crippen LogP) is 9.65. The first kappa shape index (κ1) is 52.1. The fourth-order valence-corrected chi connectivity index (χ4v) is 12.0. The number of aliphatic hydroxyl groups excluding tert-OH is 1. The number of piperidine rings is 1. The monoisotopic (exact) mass is 1030 g/mol. The van der Waals surface area contributed by atoms with Gasteiger partial charge in [-0.2, -0.15) is 13.2 Å². The van der Waals surface area contributed by atoms with E-state index in [1.165, 1.54) is 23.9 Å². The highest BCUT2D eigenvalue weighted by Crippen LogP contribution is 2.39. The number of halogens is 6. The zero-order valence-corrected chi connectivity index (χ0v) is 40.5. The lowest BCUT2D eigenvalue weighted by Gasteiger charge is -2.36. The van der Waals surface area contributed by atoms with Crippen molar-refractivity contribution >= 4 is 60.5 Å². The van der Waals surface area contributed by atoms with Crippen LogP contribution in [0.3, 0.4) is 0 Å². The van der Waals surface area contributed by atoms with E-state index in [2.05, 4.69) is 20.4 Å². The number of nitrogens with one attached hydrogen (secondary N) is 3. The van der Waals surface area contributed by atoms with Crippen molar-refractivity contribution in [1.29, 1.82) is 0 Å². The van der Waals surface area contributed by atoms with Gasteiger partial charge >= 0.3 is 5.51 Å². The molecule has 20 heteroatoms. The zero-order valence-electron chi connectivity index (χ0n) is 37.3. The van der Waals surface area contributed by atoms with Crippen LogP contribution in [0.1, 0.15) is 54.1 Å². The SMILES string of the molecule is O=C(NS(=O)(=O)c1ccc(N[C@@H](CSc2ccccc2)C[C@@H]2CCCN2CCNCC(F)F)c(S(=O)(=O)C(F)(F)F)c1)c1ccc(N2CCC([C@@H](O)c3ccccc3-c3ccc(Cl)cc3)CC2)cc1. The molecule has 7 rings (SSSR count). The topological polar surface area (TPSA) is 148 Å². The Hall–Kier alpha value is -4.76. The van der Waals surface area contributed by atoms with E-state index >= 15 is 0 Å². The number of carbonyl (C=O) groups excluding carboxylic acids is 1. The molecular weight excluding hydrogens is 981 g/mol. The molecule has 2 aliphatic rings. The van der Waals surface area contributed by atoms with Crippen LogP contribution in [0, 0.1) is 5.92 Å². The highest BCUT2D eigenvalue weighted by molar-refractivity contribution is 7.99. The van der Waals surface area contributed by atoms with Crippen molar-refractivity contribution in [3.63, 3.8) is 0 Å². The lowest BCUT2D eigenvalue weighted by atomic mass is 9.84. The molecular formula is C49H53ClF5N5O6S3. The van der Waals surface area contributed by atoms with Crippen molar-refractivity contribution < 1.29 is 48.7 Å². The summed E-state index contributed by atoms with van der Waals surface area (Å²) in [4.78, 5) is 16.2. The van der Waals surface area contributed by atoms with Gasteiger partial charge in [0.25, 0.3) is 32.2 Å². The van der Waals surface area contributed by atoms with Gasteiger partial charge in [-0.15, -0.1) is 11.8 Å². The van der Waals surface area contributed by atoms with Crippen molar-refractivity contribution in [2.75, 3.05) is 55.2 Å². The van der Waals surface area contributed by atoms with E-state index in [-0.39, 0.29) is 23.3 Å². The van der Waals surface area contributed by atoms with E-state index in [0.717, 1.165) is 45.8 Å². The van der Waals surface area contributed by atoms with E-state index < -0.39 is 71.9 Å². The first-order chi connectivity index (χ1) is 32.9. The second-order valence-corrected chi connectivity index (χ2v) is 22.2. The quantitative estimate of drug-likeness (QED) is 0.0336. The van der Waals surface area contributed by atoms with Crippen LogP contribution in [0.2, 0.25) is 5.02 Å². The number of anilines is 2. The third-order valence-corrected chi connectivity index (χ3v) is 16.8. The summed E-state index contributed by atoms with van der Waals surface area (Å²) in [5.74, 6) is -0.846. The van der Waals surface area contributed by atoms with Crippen LogP contribution in [0.5, 0.6) is 0 Å². The first-order valence-electron chi connectivity index (χ1n) is 22.5. The molecule has 1 amide bonds. The highest BCUT2D eigenvalue weighted by Gasteiger charge is 2.48. The number of sulfonamides is 1.